The molecule has 0 aliphatic carbocycles. The molecule has 2 aliphatic heterocycles. The van der Waals surface area contributed by atoms with Gasteiger partial charge in [0.15, 0.2) is 9.84 Å². The van der Waals surface area contributed by atoms with Crippen molar-refractivity contribution in [2.24, 2.45) is 0 Å². The number of carbonyl (C=O) groups is 1. The van der Waals surface area contributed by atoms with Gasteiger partial charge in [0.05, 0.1) is 23.2 Å². The van der Waals surface area contributed by atoms with Crippen LogP contribution in [0, 0.1) is 6.92 Å². The Hall–Kier alpha value is -1.67. The first kappa shape index (κ1) is 14.9. The number of nitrogens with zero attached hydrogens (tertiary/aromatic N) is 2. The van der Waals surface area contributed by atoms with Gasteiger partial charge in [-0.15, -0.1) is 0 Å². The number of aryl methyl sites for hydroxylation is 1. The summed E-state index contributed by atoms with van der Waals surface area (Å²) < 4.78 is 25.3. The van der Waals surface area contributed by atoms with E-state index in [0.717, 1.165) is 16.8 Å². The number of amides is 1. The highest BCUT2D eigenvalue weighted by Crippen LogP contribution is 2.41. The third-order valence-electron chi connectivity index (χ3n) is 4.63. The topological polar surface area (TPSA) is 81.1 Å². The van der Waals surface area contributed by atoms with Crippen LogP contribution in [0.25, 0.3) is 0 Å². The number of anilines is 1. The summed E-state index contributed by atoms with van der Waals surface area (Å²) in [5.74, 6) is 0.914. The van der Waals surface area contributed by atoms with E-state index in [-0.39, 0.29) is 29.4 Å². The van der Waals surface area contributed by atoms with Crippen LogP contribution in [0.15, 0.2) is 16.8 Å². The molecule has 6 nitrogen and oxygen atoms in total. The molecule has 0 spiro atoms. The Bertz CT molecular complexity index is 868. The van der Waals surface area contributed by atoms with Crippen LogP contribution in [0.1, 0.15) is 41.6 Å². The third kappa shape index (κ3) is 2.49. The molecular formula is C15H17N3O3S2. The van der Waals surface area contributed by atoms with E-state index in [4.69, 9.17) is 0 Å². The lowest BCUT2D eigenvalue weighted by atomic mass is 9.87. The van der Waals surface area contributed by atoms with E-state index in [2.05, 4.69) is 15.8 Å². The fraction of sp³-hybridized carbons (Fsp3) is 0.467. The summed E-state index contributed by atoms with van der Waals surface area (Å²) in [6.45, 7) is 1.93. The summed E-state index contributed by atoms with van der Waals surface area (Å²) in [5, 5.41) is 11.6. The van der Waals surface area contributed by atoms with Gasteiger partial charge < -0.3 is 5.32 Å². The molecule has 8 heteroatoms. The van der Waals surface area contributed by atoms with Crippen LogP contribution >= 0.6 is 11.3 Å². The van der Waals surface area contributed by atoms with Crippen LogP contribution in [0.2, 0.25) is 0 Å². The number of hydrogen-bond donors (Lipinski definition) is 1. The molecule has 4 heterocycles. The molecular weight excluding hydrogens is 334 g/mol. The average Bonchev–Trinajstić information content (AvgIpc) is 3.18. The van der Waals surface area contributed by atoms with Gasteiger partial charge in [-0.1, -0.05) is 0 Å². The highest BCUT2D eigenvalue weighted by Gasteiger charge is 2.37. The summed E-state index contributed by atoms with van der Waals surface area (Å²) in [4.78, 5) is 12.2. The SMILES string of the molecule is Cc1nn([C@H]2CCS(=O)(=O)C2)c2c1[C@H](c1ccsc1)CC(=O)N2. The van der Waals surface area contributed by atoms with E-state index >= 15 is 0 Å². The predicted molar refractivity (Wildman–Crippen MR) is 88.7 cm³/mol. The Morgan fingerprint density at radius 1 is 1.43 bits per heavy atom. The lowest BCUT2D eigenvalue weighted by Crippen LogP contribution is -2.26. The Kier molecular flexibility index (Phi) is 3.35. The monoisotopic (exact) mass is 351 g/mol. The summed E-state index contributed by atoms with van der Waals surface area (Å²) >= 11 is 1.61. The van der Waals surface area contributed by atoms with Crippen LogP contribution < -0.4 is 5.32 Å². The maximum absolute atomic E-state index is 12.2. The van der Waals surface area contributed by atoms with Crippen LogP contribution in [0.3, 0.4) is 0 Å². The van der Waals surface area contributed by atoms with Gasteiger partial charge in [0.25, 0.3) is 0 Å². The van der Waals surface area contributed by atoms with Crippen LogP contribution in [-0.4, -0.2) is 35.6 Å². The molecule has 0 saturated carbocycles. The third-order valence-corrected chi connectivity index (χ3v) is 7.08. The lowest BCUT2D eigenvalue weighted by molar-refractivity contribution is -0.116. The molecule has 2 aromatic rings. The number of aromatic nitrogens is 2. The number of thiophene rings is 1. The van der Waals surface area contributed by atoms with E-state index in [1.165, 1.54) is 0 Å². The van der Waals surface area contributed by atoms with Crippen molar-refractivity contribution < 1.29 is 13.2 Å². The summed E-state index contributed by atoms with van der Waals surface area (Å²) in [6.07, 6.45) is 0.952. The minimum atomic E-state index is -3.00. The molecule has 0 unspecified atom stereocenters. The molecule has 0 bridgehead atoms. The van der Waals surface area contributed by atoms with Gasteiger partial charge in [0, 0.05) is 17.9 Å². The molecule has 2 aromatic heterocycles. The maximum Gasteiger partial charge on any atom is 0.226 e. The largest absolute Gasteiger partial charge is 0.311 e. The van der Waals surface area contributed by atoms with Gasteiger partial charge in [-0.05, 0) is 35.7 Å². The van der Waals surface area contributed by atoms with Crippen molar-refractivity contribution in [1.82, 2.24) is 9.78 Å². The molecule has 4 rings (SSSR count). The number of fused-ring (bicyclic) bond motifs is 1. The summed E-state index contributed by atoms with van der Waals surface area (Å²) in [7, 11) is -3.00. The highest BCUT2D eigenvalue weighted by molar-refractivity contribution is 7.91. The summed E-state index contributed by atoms with van der Waals surface area (Å²) in [5.41, 5.74) is 3.00. The van der Waals surface area contributed by atoms with Crippen LogP contribution in [0.5, 0.6) is 0 Å². The zero-order valence-corrected chi connectivity index (χ0v) is 14.3. The second-order valence-electron chi connectivity index (χ2n) is 6.21. The van der Waals surface area contributed by atoms with Crippen molar-refractivity contribution in [1.29, 1.82) is 0 Å². The molecule has 122 valence electrons. The van der Waals surface area contributed by atoms with E-state index < -0.39 is 9.84 Å². The Morgan fingerprint density at radius 3 is 2.91 bits per heavy atom. The van der Waals surface area contributed by atoms with Crippen molar-refractivity contribution >= 4 is 32.9 Å². The standard InChI is InChI=1S/C15H17N3O3S2/c1-9-14-12(10-2-4-22-7-10)6-13(19)16-15(14)18(17-9)11-3-5-23(20,21)8-11/h2,4,7,11-12H,3,5-6,8H2,1H3,(H,16,19)/t11-,12-/m0/s1. The van der Waals surface area contributed by atoms with Gasteiger partial charge in [-0.3, -0.25) is 4.79 Å². The number of nitrogens with one attached hydrogen (secondary N) is 1. The number of carbonyl (C=O) groups excluding carboxylic acids is 1. The molecule has 2 aliphatic rings. The van der Waals surface area contributed by atoms with E-state index in [0.29, 0.717) is 18.7 Å². The summed E-state index contributed by atoms with van der Waals surface area (Å²) in [6, 6.07) is 1.85. The molecule has 1 amide bonds. The van der Waals surface area contributed by atoms with Crippen molar-refractivity contribution in [2.45, 2.75) is 31.7 Å². The first-order valence-corrected chi connectivity index (χ1v) is 10.3. The zero-order chi connectivity index (χ0) is 16.2. The van der Waals surface area contributed by atoms with E-state index in [1.54, 1.807) is 16.0 Å². The minimum Gasteiger partial charge on any atom is -0.311 e. The molecule has 1 N–H and O–H groups in total. The van der Waals surface area contributed by atoms with Gasteiger partial charge in [-0.2, -0.15) is 16.4 Å². The Balaban J connectivity index is 1.81. The Labute approximate surface area is 138 Å². The maximum atomic E-state index is 12.2. The minimum absolute atomic E-state index is 0.00300. The number of sulfone groups is 1. The fourth-order valence-electron chi connectivity index (χ4n) is 3.56. The van der Waals surface area contributed by atoms with E-state index in [9.17, 15) is 13.2 Å². The van der Waals surface area contributed by atoms with E-state index in [1.807, 2.05) is 18.4 Å². The smallest absolute Gasteiger partial charge is 0.226 e. The van der Waals surface area contributed by atoms with Gasteiger partial charge in [-0.25, -0.2) is 13.1 Å². The molecule has 0 radical (unpaired) electrons. The molecule has 1 fully saturated rings. The highest BCUT2D eigenvalue weighted by atomic mass is 32.2. The molecule has 1 saturated heterocycles. The molecule has 0 aromatic carbocycles. The van der Waals surface area contributed by atoms with Crippen LogP contribution in [-0.2, 0) is 14.6 Å². The fourth-order valence-corrected chi connectivity index (χ4v) is 5.97. The number of hydrogen-bond acceptors (Lipinski definition) is 5. The van der Waals surface area contributed by atoms with Gasteiger partial charge >= 0.3 is 0 Å². The van der Waals surface area contributed by atoms with Crippen molar-refractivity contribution in [3.8, 4) is 0 Å². The second kappa shape index (κ2) is 5.17. The van der Waals surface area contributed by atoms with Crippen molar-refractivity contribution in [2.75, 3.05) is 16.8 Å². The predicted octanol–water partition coefficient (Wildman–Crippen LogP) is 2.09. The Morgan fingerprint density at radius 2 is 2.26 bits per heavy atom. The normalized spacial score (nSPS) is 26.0. The van der Waals surface area contributed by atoms with Gasteiger partial charge in [0.2, 0.25) is 5.91 Å². The quantitative estimate of drug-likeness (QED) is 0.898. The van der Waals surface area contributed by atoms with Crippen molar-refractivity contribution in [3.05, 3.63) is 33.6 Å². The number of rotatable bonds is 2. The molecule has 2 atom stereocenters. The first-order chi connectivity index (χ1) is 10.9. The second-order valence-corrected chi connectivity index (χ2v) is 9.22. The van der Waals surface area contributed by atoms with Crippen molar-refractivity contribution in [3.63, 3.8) is 0 Å². The lowest BCUT2D eigenvalue weighted by Gasteiger charge is -2.24. The van der Waals surface area contributed by atoms with Crippen LogP contribution in [0.4, 0.5) is 5.82 Å². The van der Waals surface area contributed by atoms with Gasteiger partial charge in [0.1, 0.15) is 5.82 Å². The average molecular weight is 351 g/mol. The first-order valence-electron chi connectivity index (χ1n) is 7.56. The molecule has 23 heavy (non-hydrogen) atoms. The zero-order valence-electron chi connectivity index (χ0n) is 12.7.